The molecule has 0 unspecified atom stereocenters. The zero-order valence-electron chi connectivity index (χ0n) is 19.2. The van der Waals surface area contributed by atoms with Crippen molar-refractivity contribution in [1.82, 2.24) is 10.2 Å². The summed E-state index contributed by atoms with van der Waals surface area (Å²) in [4.78, 5) is 19.7. The molecule has 170 valence electrons. The molecular formula is C26H40N4O. The molecule has 0 saturated heterocycles. The zero-order valence-corrected chi connectivity index (χ0v) is 19.2. The van der Waals surface area contributed by atoms with Crippen LogP contribution < -0.4 is 11.1 Å². The van der Waals surface area contributed by atoms with Gasteiger partial charge < -0.3 is 11.1 Å². The van der Waals surface area contributed by atoms with Crippen molar-refractivity contribution < 1.29 is 4.79 Å². The highest BCUT2D eigenvalue weighted by atomic mass is 16.2. The molecule has 31 heavy (non-hydrogen) atoms. The van der Waals surface area contributed by atoms with Crippen LogP contribution in [0, 0.1) is 11.8 Å². The monoisotopic (exact) mass is 424 g/mol. The summed E-state index contributed by atoms with van der Waals surface area (Å²) in [7, 11) is 1.79. The minimum atomic E-state index is -0.623. The molecule has 2 fully saturated rings. The third-order valence-corrected chi connectivity index (χ3v) is 7.91. The number of guanidine groups is 1. The molecule has 4 rings (SSSR count). The van der Waals surface area contributed by atoms with Crippen LogP contribution in [-0.2, 0) is 11.3 Å². The predicted molar refractivity (Wildman–Crippen MR) is 127 cm³/mol. The molecule has 3 N–H and O–H groups in total. The van der Waals surface area contributed by atoms with Gasteiger partial charge in [0.1, 0.15) is 5.54 Å². The lowest BCUT2D eigenvalue weighted by atomic mass is 9.74. The number of carbonyl (C=O) groups excluding carboxylic acids is 1. The van der Waals surface area contributed by atoms with E-state index in [2.05, 4.69) is 35.6 Å². The van der Waals surface area contributed by atoms with Crippen LogP contribution in [0.15, 0.2) is 35.3 Å². The molecule has 5 heteroatoms. The molecule has 3 atom stereocenters. The Balaban J connectivity index is 1.38. The van der Waals surface area contributed by atoms with Gasteiger partial charge in [0.2, 0.25) is 0 Å². The van der Waals surface area contributed by atoms with Gasteiger partial charge in [0.25, 0.3) is 5.91 Å². The summed E-state index contributed by atoms with van der Waals surface area (Å²) in [5.41, 5.74) is 6.85. The minimum Gasteiger partial charge on any atom is -0.369 e. The van der Waals surface area contributed by atoms with Gasteiger partial charge in [0.05, 0.1) is 0 Å². The highest BCUT2D eigenvalue weighted by Gasteiger charge is 2.47. The highest BCUT2D eigenvalue weighted by Crippen LogP contribution is 2.40. The number of nitrogens with one attached hydrogen (secondary N) is 1. The van der Waals surface area contributed by atoms with Gasteiger partial charge in [-0.3, -0.25) is 9.69 Å². The predicted octanol–water partition coefficient (Wildman–Crippen LogP) is 4.61. The molecular weight excluding hydrogens is 384 g/mol. The third kappa shape index (κ3) is 5.49. The Hall–Kier alpha value is -1.88. The number of hydrogen-bond acceptors (Lipinski definition) is 4. The van der Waals surface area contributed by atoms with Gasteiger partial charge in [-0.2, -0.15) is 0 Å². The van der Waals surface area contributed by atoms with Gasteiger partial charge in [-0.15, -0.1) is 0 Å². The van der Waals surface area contributed by atoms with E-state index >= 15 is 0 Å². The van der Waals surface area contributed by atoms with Crippen molar-refractivity contribution >= 4 is 11.9 Å². The first kappa shape index (κ1) is 22.3. The zero-order chi connectivity index (χ0) is 21.7. The van der Waals surface area contributed by atoms with Gasteiger partial charge in [-0.25, -0.2) is 4.99 Å². The maximum Gasteiger partial charge on any atom is 0.257 e. The molecule has 5 nitrogen and oxygen atoms in total. The van der Waals surface area contributed by atoms with E-state index in [4.69, 9.17) is 10.7 Å². The first-order chi connectivity index (χ1) is 15.1. The lowest BCUT2D eigenvalue weighted by Gasteiger charge is -2.35. The number of hydrogen-bond donors (Lipinski definition) is 2. The number of nitrogens with two attached hydrogens (primary N) is 1. The smallest absolute Gasteiger partial charge is 0.257 e. The molecule has 0 radical (unpaired) electrons. The SMILES string of the molecule is CN1C(=O)[C@@](CCC2CCCCC2)(C[C@@H]2CCC[C@@H](NCc3ccccc3)C2)N=C1N. The Morgan fingerprint density at radius 2 is 1.81 bits per heavy atom. The van der Waals surface area contributed by atoms with Crippen molar-refractivity contribution in [2.75, 3.05) is 7.05 Å². The van der Waals surface area contributed by atoms with Crippen LogP contribution in [0.3, 0.4) is 0 Å². The average Bonchev–Trinajstić information content (AvgIpc) is 3.01. The van der Waals surface area contributed by atoms with E-state index in [0.717, 1.165) is 38.1 Å². The van der Waals surface area contributed by atoms with Crippen molar-refractivity contribution in [3.8, 4) is 0 Å². The van der Waals surface area contributed by atoms with Crippen molar-refractivity contribution in [3.05, 3.63) is 35.9 Å². The summed E-state index contributed by atoms with van der Waals surface area (Å²) >= 11 is 0. The lowest BCUT2D eigenvalue weighted by molar-refractivity contribution is -0.131. The van der Waals surface area contributed by atoms with Crippen LogP contribution in [0.4, 0.5) is 0 Å². The molecule has 3 aliphatic rings. The normalized spacial score (nSPS) is 29.9. The van der Waals surface area contributed by atoms with Crippen LogP contribution in [0.1, 0.15) is 82.6 Å². The Morgan fingerprint density at radius 3 is 2.52 bits per heavy atom. The van der Waals surface area contributed by atoms with Crippen LogP contribution in [-0.4, -0.2) is 35.4 Å². The van der Waals surface area contributed by atoms with E-state index < -0.39 is 5.54 Å². The second-order valence-corrected chi connectivity index (χ2v) is 10.2. The fourth-order valence-electron chi connectivity index (χ4n) is 6.07. The summed E-state index contributed by atoms with van der Waals surface area (Å²) < 4.78 is 0. The Kier molecular flexibility index (Phi) is 7.31. The summed E-state index contributed by atoms with van der Waals surface area (Å²) in [5.74, 6) is 1.82. The number of amides is 1. The Bertz CT molecular complexity index is 758. The Labute approximate surface area is 187 Å². The van der Waals surface area contributed by atoms with Crippen LogP contribution in [0.5, 0.6) is 0 Å². The molecule has 1 aromatic rings. The van der Waals surface area contributed by atoms with Gasteiger partial charge >= 0.3 is 0 Å². The molecule has 1 aromatic carbocycles. The first-order valence-corrected chi connectivity index (χ1v) is 12.5. The van der Waals surface area contributed by atoms with E-state index in [-0.39, 0.29) is 5.91 Å². The van der Waals surface area contributed by atoms with E-state index in [1.807, 2.05) is 0 Å². The van der Waals surface area contributed by atoms with E-state index in [1.165, 1.54) is 56.9 Å². The van der Waals surface area contributed by atoms with E-state index in [9.17, 15) is 4.79 Å². The summed E-state index contributed by atoms with van der Waals surface area (Å²) in [6, 6.07) is 11.1. The highest BCUT2D eigenvalue weighted by molar-refractivity contribution is 6.06. The average molecular weight is 425 g/mol. The lowest BCUT2D eigenvalue weighted by Crippen LogP contribution is -2.44. The molecule has 2 aliphatic carbocycles. The number of nitrogens with zero attached hydrogens (tertiary/aromatic N) is 2. The van der Waals surface area contributed by atoms with Crippen molar-refractivity contribution in [2.24, 2.45) is 22.6 Å². The fraction of sp³-hybridized carbons (Fsp3) is 0.692. The van der Waals surface area contributed by atoms with Gasteiger partial charge in [0, 0.05) is 19.6 Å². The molecule has 2 saturated carbocycles. The largest absolute Gasteiger partial charge is 0.369 e. The topological polar surface area (TPSA) is 70.7 Å². The van der Waals surface area contributed by atoms with Crippen LogP contribution >= 0.6 is 0 Å². The van der Waals surface area contributed by atoms with Crippen LogP contribution in [0.25, 0.3) is 0 Å². The third-order valence-electron chi connectivity index (χ3n) is 7.91. The van der Waals surface area contributed by atoms with E-state index in [0.29, 0.717) is 17.9 Å². The second-order valence-electron chi connectivity index (χ2n) is 10.2. The maximum absolute atomic E-state index is 13.3. The van der Waals surface area contributed by atoms with Crippen LogP contribution in [0.2, 0.25) is 0 Å². The number of rotatable bonds is 8. The quantitative estimate of drug-likeness (QED) is 0.640. The van der Waals surface area contributed by atoms with Crippen molar-refractivity contribution in [2.45, 2.75) is 95.2 Å². The van der Waals surface area contributed by atoms with Crippen molar-refractivity contribution in [1.29, 1.82) is 0 Å². The maximum atomic E-state index is 13.3. The number of aliphatic imine (C=N–C) groups is 1. The van der Waals surface area contributed by atoms with Gasteiger partial charge in [-0.05, 0) is 49.5 Å². The standard InChI is InChI=1S/C26H40N4O/c1-30-24(31)26(29-25(30)27,16-15-20-9-4-2-5-10-20)18-22-13-8-14-23(17-22)28-19-21-11-6-3-7-12-21/h3,6-7,11-12,20,22-23,28H,2,4-5,8-10,13-19H2,1H3,(H2,27,29)/t22-,23-,26-/m1/s1. The molecule has 0 spiro atoms. The van der Waals surface area contributed by atoms with Gasteiger partial charge in [-0.1, -0.05) is 75.3 Å². The second kappa shape index (κ2) is 10.2. The first-order valence-electron chi connectivity index (χ1n) is 12.5. The molecule has 1 amide bonds. The Morgan fingerprint density at radius 1 is 1.06 bits per heavy atom. The number of likely N-dealkylation sites (N-methyl/N-ethyl adjacent to an activating group) is 1. The summed E-state index contributed by atoms with van der Waals surface area (Å²) in [5, 5.41) is 3.76. The summed E-state index contributed by atoms with van der Waals surface area (Å²) in [6.45, 7) is 0.915. The molecule has 0 bridgehead atoms. The number of benzene rings is 1. The fourth-order valence-corrected chi connectivity index (χ4v) is 6.07. The molecule has 1 heterocycles. The van der Waals surface area contributed by atoms with Crippen molar-refractivity contribution in [3.63, 3.8) is 0 Å². The molecule has 1 aliphatic heterocycles. The number of carbonyl (C=O) groups is 1. The van der Waals surface area contributed by atoms with E-state index in [1.54, 1.807) is 11.9 Å². The minimum absolute atomic E-state index is 0.125. The molecule has 0 aromatic heterocycles. The summed E-state index contributed by atoms with van der Waals surface area (Å²) in [6.07, 6.45) is 14.3. The van der Waals surface area contributed by atoms with Gasteiger partial charge in [0.15, 0.2) is 5.96 Å².